The molecule has 4 heteroatoms. The van der Waals surface area contributed by atoms with Gasteiger partial charge in [0.2, 0.25) is 0 Å². The molecular weight excluding hydrogens is 264 g/mol. The first-order valence-electron chi connectivity index (χ1n) is 6.21. The minimum absolute atomic E-state index is 0.262. The average molecular weight is 281 g/mol. The molecule has 0 aliphatic carbocycles. The molecule has 1 nitrogen and oxygen atoms in total. The van der Waals surface area contributed by atoms with E-state index >= 15 is 0 Å². The smallest absolute Gasteiger partial charge is 0.250 e. The molecule has 19 heavy (non-hydrogen) atoms. The van der Waals surface area contributed by atoms with Crippen LogP contribution in [-0.2, 0) is 6.54 Å². The Morgan fingerprint density at radius 3 is 2.47 bits per heavy atom. The number of hydrogen-bond acceptors (Lipinski definition) is 2. The lowest BCUT2D eigenvalue weighted by atomic mass is 10.0. The van der Waals surface area contributed by atoms with Gasteiger partial charge in [0.25, 0.3) is 6.43 Å². The minimum atomic E-state index is -2.30. The molecule has 0 spiro atoms. The van der Waals surface area contributed by atoms with E-state index in [1.807, 2.05) is 5.38 Å². The molecule has 0 saturated carbocycles. The van der Waals surface area contributed by atoms with Gasteiger partial charge in [-0.25, -0.2) is 8.78 Å². The Bertz CT molecular complexity index is 532. The summed E-state index contributed by atoms with van der Waals surface area (Å²) >= 11 is 1.66. The topological polar surface area (TPSA) is 12.0 Å². The first-order valence-corrected chi connectivity index (χ1v) is 7.08. The minimum Gasteiger partial charge on any atom is -0.307 e. The van der Waals surface area contributed by atoms with Crippen LogP contribution in [0.25, 0.3) is 11.1 Å². The number of benzene rings is 1. The van der Waals surface area contributed by atoms with Gasteiger partial charge in [-0.05, 0) is 35.9 Å². The maximum absolute atomic E-state index is 12.2. The molecule has 0 fully saturated rings. The van der Waals surface area contributed by atoms with Gasteiger partial charge in [-0.3, -0.25) is 0 Å². The average Bonchev–Trinajstić information content (AvgIpc) is 2.72. The van der Waals surface area contributed by atoms with E-state index in [0.717, 1.165) is 11.1 Å². The molecule has 1 aromatic carbocycles. The highest BCUT2D eigenvalue weighted by molar-refractivity contribution is 7.10. The summed E-state index contributed by atoms with van der Waals surface area (Å²) in [7, 11) is 0. The van der Waals surface area contributed by atoms with Gasteiger partial charge in [0.05, 0.1) is 6.54 Å². The number of thiophene rings is 1. The normalized spacial score (nSPS) is 11.2. The molecule has 1 aromatic heterocycles. The summed E-state index contributed by atoms with van der Waals surface area (Å²) in [5.41, 5.74) is 4.63. The van der Waals surface area contributed by atoms with Crippen LogP contribution < -0.4 is 5.32 Å². The molecule has 2 rings (SSSR count). The Morgan fingerprint density at radius 2 is 1.84 bits per heavy atom. The Labute approximate surface area is 116 Å². The fraction of sp³-hybridized carbons (Fsp3) is 0.333. The molecule has 1 heterocycles. The summed E-state index contributed by atoms with van der Waals surface area (Å²) in [4.78, 5) is 1.22. The van der Waals surface area contributed by atoms with Crippen molar-refractivity contribution in [3.63, 3.8) is 0 Å². The monoisotopic (exact) mass is 281 g/mol. The summed E-state index contributed by atoms with van der Waals surface area (Å²) in [6.07, 6.45) is -2.30. The van der Waals surface area contributed by atoms with Crippen LogP contribution in [0.4, 0.5) is 8.78 Å². The van der Waals surface area contributed by atoms with Crippen LogP contribution in [0.1, 0.15) is 16.0 Å². The second kappa shape index (κ2) is 6.26. The van der Waals surface area contributed by atoms with E-state index in [2.05, 4.69) is 43.4 Å². The van der Waals surface area contributed by atoms with Gasteiger partial charge in [0.15, 0.2) is 0 Å². The summed E-state index contributed by atoms with van der Waals surface area (Å²) in [6.45, 7) is 4.34. The summed E-state index contributed by atoms with van der Waals surface area (Å²) in [5, 5.41) is 4.84. The lowest BCUT2D eigenvalue weighted by Crippen LogP contribution is -2.20. The van der Waals surface area contributed by atoms with Crippen molar-refractivity contribution in [1.29, 1.82) is 0 Å². The zero-order valence-electron chi connectivity index (χ0n) is 11.0. The van der Waals surface area contributed by atoms with Crippen molar-refractivity contribution in [3.05, 3.63) is 45.6 Å². The van der Waals surface area contributed by atoms with E-state index in [1.54, 1.807) is 11.3 Å². The van der Waals surface area contributed by atoms with Gasteiger partial charge in [-0.15, -0.1) is 11.3 Å². The van der Waals surface area contributed by atoms with Gasteiger partial charge in [0, 0.05) is 11.4 Å². The fourth-order valence-electron chi connectivity index (χ4n) is 2.06. The maximum Gasteiger partial charge on any atom is 0.250 e. The van der Waals surface area contributed by atoms with Crippen molar-refractivity contribution >= 4 is 11.3 Å². The predicted molar refractivity (Wildman–Crippen MR) is 76.9 cm³/mol. The Kier molecular flexibility index (Phi) is 4.66. The third kappa shape index (κ3) is 3.61. The fourth-order valence-corrected chi connectivity index (χ4v) is 2.95. The van der Waals surface area contributed by atoms with Gasteiger partial charge >= 0.3 is 0 Å². The number of nitrogens with one attached hydrogen (secondary N) is 1. The third-order valence-corrected chi connectivity index (χ3v) is 3.97. The lowest BCUT2D eigenvalue weighted by molar-refractivity contribution is 0.145. The largest absolute Gasteiger partial charge is 0.307 e. The van der Waals surface area contributed by atoms with Gasteiger partial charge < -0.3 is 5.32 Å². The summed E-state index contributed by atoms with van der Waals surface area (Å²) < 4.78 is 24.3. The highest BCUT2D eigenvalue weighted by atomic mass is 32.1. The van der Waals surface area contributed by atoms with Crippen LogP contribution in [0.15, 0.2) is 29.6 Å². The molecule has 1 N–H and O–H groups in total. The standard InChI is InChI=1S/C15H17F2NS/c1-10-3-5-12(6-4-10)15-11(2)19-9-13(15)7-18-8-14(16)17/h3-6,9,14,18H,7-8H2,1-2H3. The zero-order chi connectivity index (χ0) is 13.8. The second-order valence-electron chi connectivity index (χ2n) is 4.58. The molecule has 0 bridgehead atoms. The molecule has 0 aliphatic rings. The highest BCUT2D eigenvalue weighted by Crippen LogP contribution is 2.32. The third-order valence-electron chi connectivity index (χ3n) is 3.01. The predicted octanol–water partition coefficient (Wildman–Crippen LogP) is 4.39. The Morgan fingerprint density at radius 1 is 1.16 bits per heavy atom. The van der Waals surface area contributed by atoms with Gasteiger partial charge in [0.1, 0.15) is 0 Å². The molecule has 0 aliphatic heterocycles. The number of rotatable bonds is 5. The molecular formula is C15H17F2NS. The zero-order valence-corrected chi connectivity index (χ0v) is 11.9. The van der Waals surface area contributed by atoms with Crippen LogP contribution in [0.3, 0.4) is 0 Å². The van der Waals surface area contributed by atoms with E-state index in [1.165, 1.54) is 16.0 Å². The quantitative estimate of drug-likeness (QED) is 0.857. The molecule has 0 radical (unpaired) electrons. The van der Waals surface area contributed by atoms with Crippen molar-refractivity contribution in [1.82, 2.24) is 5.32 Å². The Hall–Kier alpha value is -1.26. The molecule has 0 unspecified atom stereocenters. The van der Waals surface area contributed by atoms with Gasteiger partial charge in [-0.2, -0.15) is 0 Å². The molecule has 0 saturated heterocycles. The lowest BCUT2D eigenvalue weighted by Gasteiger charge is -2.08. The Balaban J connectivity index is 2.20. The summed E-state index contributed by atoms with van der Waals surface area (Å²) in [5.74, 6) is 0. The number of aryl methyl sites for hydroxylation is 2. The molecule has 0 atom stereocenters. The van der Waals surface area contributed by atoms with E-state index < -0.39 is 6.43 Å². The first-order chi connectivity index (χ1) is 9.08. The van der Waals surface area contributed by atoms with Crippen LogP contribution in [0.5, 0.6) is 0 Å². The second-order valence-corrected chi connectivity index (χ2v) is 5.66. The van der Waals surface area contributed by atoms with E-state index in [9.17, 15) is 8.78 Å². The van der Waals surface area contributed by atoms with Crippen LogP contribution in [-0.4, -0.2) is 13.0 Å². The molecule has 102 valence electrons. The maximum atomic E-state index is 12.2. The van der Waals surface area contributed by atoms with Crippen molar-refractivity contribution < 1.29 is 8.78 Å². The van der Waals surface area contributed by atoms with Crippen molar-refractivity contribution in [2.75, 3.05) is 6.54 Å². The molecule has 2 aromatic rings. The van der Waals surface area contributed by atoms with Gasteiger partial charge in [-0.1, -0.05) is 29.8 Å². The SMILES string of the molecule is Cc1ccc(-c2c(CNCC(F)F)csc2C)cc1. The van der Waals surface area contributed by atoms with Crippen LogP contribution in [0.2, 0.25) is 0 Å². The highest BCUT2D eigenvalue weighted by Gasteiger charge is 2.11. The van der Waals surface area contributed by atoms with Crippen molar-refractivity contribution in [2.24, 2.45) is 0 Å². The van der Waals surface area contributed by atoms with E-state index in [-0.39, 0.29) is 6.54 Å². The van der Waals surface area contributed by atoms with Crippen LogP contribution in [0, 0.1) is 13.8 Å². The van der Waals surface area contributed by atoms with E-state index in [0.29, 0.717) is 6.54 Å². The number of halogens is 2. The first kappa shape index (κ1) is 14.2. The summed E-state index contributed by atoms with van der Waals surface area (Å²) in [6, 6.07) is 8.31. The number of hydrogen-bond donors (Lipinski definition) is 1. The van der Waals surface area contributed by atoms with Crippen molar-refractivity contribution in [3.8, 4) is 11.1 Å². The molecule has 0 amide bonds. The number of alkyl halides is 2. The van der Waals surface area contributed by atoms with Crippen molar-refractivity contribution in [2.45, 2.75) is 26.8 Å². The van der Waals surface area contributed by atoms with Crippen LogP contribution >= 0.6 is 11.3 Å². The van der Waals surface area contributed by atoms with E-state index in [4.69, 9.17) is 0 Å².